The van der Waals surface area contributed by atoms with Crippen LogP contribution >= 0.6 is 0 Å². The fourth-order valence-corrected chi connectivity index (χ4v) is 0.973. The molecule has 0 unspecified atom stereocenters. The molecule has 0 spiro atoms. The fourth-order valence-electron chi connectivity index (χ4n) is 0.973. The van der Waals surface area contributed by atoms with E-state index in [0.717, 1.165) is 0 Å². The second kappa shape index (κ2) is 4.23. The summed E-state index contributed by atoms with van der Waals surface area (Å²) in [5.74, 6) is -2.37. The van der Waals surface area contributed by atoms with E-state index in [1.165, 1.54) is 13.0 Å². The number of rotatable bonds is 3. The predicted molar refractivity (Wildman–Crippen MR) is 48.1 cm³/mol. The maximum absolute atomic E-state index is 13.1. The first-order valence-corrected chi connectivity index (χ1v) is 4.05. The van der Waals surface area contributed by atoms with Crippen LogP contribution in [0.25, 0.3) is 0 Å². The van der Waals surface area contributed by atoms with Crippen LogP contribution in [0.4, 0.5) is 14.5 Å². The molecule has 78 valence electrons. The highest BCUT2D eigenvalue weighted by Crippen LogP contribution is 2.27. The third kappa shape index (κ3) is 1.93. The number of halogens is 2. The summed E-state index contributed by atoms with van der Waals surface area (Å²) >= 11 is 0. The minimum atomic E-state index is -1.08. The van der Waals surface area contributed by atoms with E-state index in [2.05, 4.69) is 0 Å². The SMILES string of the molecule is Cc1c(N)cc(OCCO)c(F)c1F. The Kier molecular flexibility index (Phi) is 3.24. The highest BCUT2D eigenvalue weighted by molar-refractivity contribution is 5.52. The van der Waals surface area contributed by atoms with Gasteiger partial charge in [-0.2, -0.15) is 4.39 Å². The number of benzene rings is 1. The quantitative estimate of drug-likeness (QED) is 0.726. The minimum Gasteiger partial charge on any atom is -0.488 e. The molecule has 0 amide bonds. The van der Waals surface area contributed by atoms with Crippen molar-refractivity contribution in [2.75, 3.05) is 18.9 Å². The molecule has 0 saturated heterocycles. The number of nitrogens with two attached hydrogens (primary N) is 1. The van der Waals surface area contributed by atoms with Crippen molar-refractivity contribution >= 4 is 5.69 Å². The molecular weight excluding hydrogens is 192 g/mol. The molecule has 0 atom stereocenters. The number of hydrogen-bond donors (Lipinski definition) is 2. The first-order chi connectivity index (χ1) is 6.57. The van der Waals surface area contributed by atoms with Gasteiger partial charge in [0.15, 0.2) is 11.6 Å². The Morgan fingerprint density at radius 1 is 1.43 bits per heavy atom. The molecule has 3 nitrogen and oxygen atoms in total. The van der Waals surface area contributed by atoms with Gasteiger partial charge in [-0.15, -0.1) is 0 Å². The Hall–Kier alpha value is -1.36. The van der Waals surface area contributed by atoms with Crippen LogP contribution in [0.2, 0.25) is 0 Å². The van der Waals surface area contributed by atoms with Crippen molar-refractivity contribution < 1.29 is 18.6 Å². The lowest BCUT2D eigenvalue weighted by Gasteiger charge is -2.09. The molecule has 1 aromatic rings. The van der Waals surface area contributed by atoms with E-state index < -0.39 is 11.6 Å². The van der Waals surface area contributed by atoms with Crippen LogP contribution < -0.4 is 10.5 Å². The van der Waals surface area contributed by atoms with E-state index in [4.69, 9.17) is 15.6 Å². The summed E-state index contributed by atoms with van der Waals surface area (Å²) in [7, 11) is 0. The minimum absolute atomic E-state index is 0.0545. The molecule has 0 bridgehead atoms. The molecule has 0 aromatic heterocycles. The molecule has 0 aliphatic carbocycles. The van der Waals surface area contributed by atoms with Crippen molar-refractivity contribution in [2.45, 2.75) is 6.92 Å². The first kappa shape index (κ1) is 10.7. The summed E-state index contributed by atoms with van der Waals surface area (Å²) < 4.78 is 31.0. The van der Waals surface area contributed by atoms with Crippen LogP contribution in [-0.2, 0) is 0 Å². The van der Waals surface area contributed by atoms with Crippen LogP contribution in [0.5, 0.6) is 5.75 Å². The molecule has 14 heavy (non-hydrogen) atoms. The third-order valence-corrected chi connectivity index (χ3v) is 1.81. The normalized spacial score (nSPS) is 10.3. The lowest BCUT2D eigenvalue weighted by molar-refractivity contribution is 0.195. The molecule has 0 aliphatic rings. The zero-order chi connectivity index (χ0) is 10.7. The first-order valence-electron chi connectivity index (χ1n) is 4.05. The average Bonchev–Trinajstić information content (AvgIpc) is 2.18. The lowest BCUT2D eigenvalue weighted by Crippen LogP contribution is -2.06. The molecule has 0 fully saturated rings. The number of aliphatic hydroxyl groups excluding tert-OH is 1. The van der Waals surface area contributed by atoms with Crippen LogP contribution in [-0.4, -0.2) is 18.3 Å². The van der Waals surface area contributed by atoms with Crippen LogP contribution in [0.15, 0.2) is 6.07 Å². The summed E-state index contributed by atoms with van der Waals surface area (Å²) in [5.41, 5.74) is 5.59. The van der Waals surface area contributed by atoms with Crippen molar-refractivity contribution in [3.05, 3.63) is 23.3 Å². The third-order valence-electron chi connectivity index (χ3n) is 1.81. The summed E-state index contributed by atoms with van der Waals surface area (Å²) in [6.45, 7) is 1.01. The van der Waals surface area contributed by atoms with Crippen molar-refractivity contribution in [1.82, 2.24) is 0 Å². The summed E-state index contributed by atoms with van der Waals surface area (Å²) in [6, 6.07) is 1.20. The summed E-state index contributed by atoms with van der Waals surface area (Å²) in [6.07, 6.45) is 0. The Morgan fingerprint density at radius 3 is 2.64 bits per heavy atom. The molecule has 0 saturated carbocycles. The summed E-state index contributed by atoms with van der Waals surface area (Å²) in [5, 5.41) is 8.44. The summed E-state index contributed by atoms with van der Waals surface area (Å²) in [4.78, 5) is 0. The van der Waals surface area contributed by atoms with Crippen molar-refractivity contribution in [3.8, 4) is 5.75 Å². The topological polar surface area (TPSA) is 55.5 Å². The largest absolute Gasteiger partial charge is 0.488 e. The van der Waals surface area contributed by atoms with Gasteiger partial charge in [-0.05, 0) is 6.92 Å². The van der Waals surface area contributed by atoms with Gasteiger partial charge in [0.1, 0.15) is 6.61 Å². The Labute approximate surface area is 80.1 Å². The van der Waals surface area contributed by atoms with Crippen LogP contribution in [0, 0.1) is 18.6 Å². The van der Waals surface area contributed by atoms with E-state index in [9.17, 15) is 8.78 Å². The molecule has 1 aromatic carbocycles. The Morgan fingerprint density at radius 2 is 2.07 bits per heavy atom. The van der Waals surface area contributed by atoms with Gasteiger partial charge in [0, 0.05) is 17.3 Å². The number of hydrogen-bond acceptors (Lipinski definition) is 3. The van der Waals surface area contributed by atoms with Gasteiger partial charge in [0.25, 0.3) is 0 Å². The number of ether oxygens (including phenoxy) is 1. The van der Waals surface area contributed by atoms with Gasteiger partial charge in [-0.3, -0.25) is 0 Å². The molecule has 0 aliphatic heterocycles. The lowest BCUT2D eigenvalue weighted by atomic mass is 10.2. The van der Waals surface area contributed by atoms with Crippen molar-refractivity contribution in [2.24, 2.45) is 0 Å². The highest BCUT2D eigenvalue weighted by atomic mass is 19.2. The van der Waals surface area contributed by atoms with Gasteiger partial charge in [0.2, 0.25) is 5.82 Å². The van der Waals surface area contributed by atoms with E-state index in [1.807, 2.05) is 0 Å². The molecular formula is C9H11F2NO2. The molecule has 1 rings (SSSR count). The molecule has 0 radical (unpaired) electrons. The Balaban J connectivity index is 3.06. The number of nitrogen functional groups attached to an aromatic ring is 1. The molecule has 5 heteroatoms. The zero-order valence-corrected chi connectivity index (χ0v) is 7.68. The van der Waals surface area contributed by atoms with E-state index in [0.29, 0.717) is 0 Å². The smallest absolute Gasteiger partial charge is 0.201 e. The zero-order valence-electron chi connectivity index (χ0n) is 7.68. The molecule has 0 heterocycles. The van der Waals surface area contributed by atoms with Gasteiger partial charge in [0.05, 0.1) is 6.61 Å². The predicted octanol–water partition coefficient (Wildman–Crippen LogP) is 1.23. The van der Waals surface area contributed by atoms with E-state index >= 15 is 0 Å². The van der Waals surface area contributed by atoms with E-state index in [-0.39, 0.29) is 30.2 Å². The van der Waals surface area contributed by atoms with Gasteiger partial charge in [-0.25, -0.2) is 4.39 Å². The Bertz CT molecular complexity index is 342. The molecule has 3 N–H and O–H groups in total. The van der Waals surface area contributed by atoms with Crippen molar-refractivity contribution in [1.29, 1.82) is 0 Å². The average molecular weight is 203 g/mol. The second-order valence-corrected chi connectivity index (χ2v) is 2.79. The fraction of sp³-hybridized carbons (Fsp3) is 0.333. The van der Waals surface area contributed by atoms with Gasteiger partial charge < -0.3 is 15.6 Å². The maximum atomic E-state index is 13.1. The highest BCUT2D eigenvalue weighted by Gasteiger charge is 2.14. The van der Waals surface area contributed by atoms with Gasteiger partial charge >= 0.3 is 0 Å². The van der Waals surface area contributed by atoms with Crippen LogP contribution in [0.1, 0.15) is 5.56 Å². The standard InChI is InChI=1S/C9H11F2NO2/c1-5-6(12)4-7(14-3-2-13)9(11)8(5)10/h4,13H,2-3,12H2,1H3. The maximum Gasteiger partial charge on any atom is 0.201 e. The van der Waals surface area contributed by atoms with E-state index in [1.54, 1.807) is 0 Å². The number of aliphatic hydroxyl groups is 1. The van der Waals surface area contributed by atoms with Gasteiger partial charge in [-0.1, -0.05) is 0 Å². The number of anilines is 1. The van der Waals surface area contributed by atoms with Crippen molar-refractivity contribution in [3.63, 3.8) is 0 Å². The van der Waals surface area contributed by atoms with Crippen LogP contribution in [0.3, 0.4) is 0 Å². The monoisotopic (exact) mass is 203 g/mol. The second-order valence-electron chi connectivity index (χ2n) is 2.79.